The Labute approximate surface area is 94.9 Å². The van der Waals surface area contributed by atoms with E-state index in [1.54, 1.807) is 13.3 Å². The average Bonchev–Trinajstić information content (AvgIpc) is 2.77. The van der Waals surface area contributed by atoms with Crippen LogP contribution in [0.1, 0.15) is 0 Å². The van der Waals surface area contributed by atoms with Gasteiger partial charge in [-0.2, -0.15) is 4.98 Å². The molecule has 0 radical (unpaired) electrons. The molecule has 0 aliphatic carbocycles. The second-order valence-corrected chi connectivity index (χ2v) is 3.73. The maximum absolute atomic E-state index is 5.21. The maximum Gasteiger partial charge on any atom is 0.294 e. The lowest BCUT2D eigenvalue weighted by atomic mass is 10.1. The second kappa shape index (κ2) is 4.26. The van der Waals surface area contributed by atoms with Crippen LogP contribution in [0.25, 0.3) is 11.3 Å². The van der Waals surface area contributed by atoms with Gasteiger partial charge in [-0.15, -0.1) is 0 Å². The zero-order valence-corrected chi connectivity index (χ0v) is 9.69. The van der Waals surface area contributed by atoms with Crippen LogP contribution in [0, 0.1) is 0 Å². The summed E-state index contributed by atoms with van der Waals surface area (Å²) in [6.07, 6.45) is 1.65. The van der Waals surface area contributed by atoms with Crippen LogP contribution in [0.3, 0.4) is 0 Å². The molecule has 0 atom stereocenters. The predicted octanol–water partition coefficient (Wildman–Crippen LogP) is 2.45. The van der Waals surface area contributed by atoms with E-state index < -0.39 is 0 Å². The number of hydrogen-bond donors (Lipinski definition) is 1. The van der Waals surface area contributed by atoms with Gasteiger partial charge in [0.05, 0.1) is 0 Å². The van der Waals surface area contributed by atoms with Crippen LogP contribution in [0.15, 0.2) is 34.9 Å². The van der Waals surface area contributed by atoms with Gasteiger partial charge >= 0.3 is 0 Å². The molecule has 0 spiro atoms. The molecule has 84 valence electrons. The van der Waals surface area contributed by atoms with Crippen LogP contribution >= 0.6 is 0 Å². The zero-order chi connectivity index (χ0) is 11.5. The van der Waals surface area contributed by atoms with Gasteiger partial charge in [-0.3, -0.25) is 0 Å². The first kappa shape index (κ1) is 10.5. The van der Waals surface area contributed by atoms with E-state index >= 15 is 0 Å². The minimum Gasteiger partial charge on any atom is -0.432 e. The molecule has 16 heavy (non-hydrogen) atoms. The molecule has 0 unspecified atom stereocenters. The van der Waals surface area contributed by atoms with Crippen LogP contribution in [-0.4, -0.2) is 26.1 Å². The first-order chi connectivity index (χ1) is 7.70. The number of anilines is 2. The molecule has 0 saturated carbocycles. The third-order valence-corrected chi connectivity index (χ3v) is 2.40. The van der Waals surface area contributed by atoms with Crippen molar-refractivity contribution in [2.75, 3.05) is 31.4 Å². The molecule has 1 aromatic heterocycles. The van der Waals surface area contributed by atoms with Crippen LogP contribution in [0.4, 0.5) is 11.7 Å². The highest BCUT2D eigenvalue weighted by atomic mass is 16.4. The Morgan fingerprint density at radius 1 is 1.19 bits per heavy atom. The zero-order valence-electron chi connectivity index (χ0n) is 9.69. The number of rotatable bonds is 3. The molecular weight excluding hydrogens is 202 g/mol. The van der Waals surface area contributed by atoms with E-state index in [1.807, 2.05) is 26.2 Å². The minimum absolute atomic E-state index is 0.534. The van der Waals surface area contributed by atoms with Crippen molar-refractivity contribution in [2.24, 2.45) is 0 Å². The molecule has 0 saturated heterocycles. The van der Waals surface area contributed by atoms with Gasteiger partial charge in [0.2, 0.25) is 0 Å². The van der Waals surface area contributed by atoms with Crippen molar-refractivity contribution < 1.29 is 4.42 Å². The number of nitrogens with zero attached hydrogens (tertiary/aromatic N) is 2. The van der Waals surface area contributed by atoms with Crippen LogP contribution in [-0.2, 0) is 0 Å². The molecule has 4 nitrogen and oxygen atoms in total. The summed E-state index contributed by atoms with van der Waals surface area (Å²) in [6, 6.07) is 8.72. The monoisotopic (exact) mass is 217 g/mol. The summed E-state index contributed by atoms with van der Waals surface area (Å²) in [5, 5.41) is 2.86. The Morgan fingerprint density at radius 3 is 2.38 bits per heavy atom. The van der Waals surface area contributed by atoms with E-state index in [0.717, 1.165) is 11.3 Å². The van der Waals surface area contributed by atoms with Gasteiger partial charge in [0.1, 0.15) is 12.0 Å². The Kier molecular flexibility index (Phi) is 2.81. The summed E-state index contributed by atoms with van der Waals surface area (Å²) in [5.41, 5.74) is 3.06. The van der Waals surface area contributed by atoms with Gasteiger partial charge in [0, 0.05) is 32.4 Å². The number of oxazole rings is 1. The molecule has 0 bridgehead atoms. The van der Waals surface area contributed by atoms with Gasteiger partial charge in [-0.25, -0.2) is 0 Å². The lowest BCUT2D eigenvalue weighted by molar-refractivity contribution is 0.576. The van der Waals surface area contributed by atoms with Crippen molar-refractivity contribution >= 4 is 11.7 Å². The fraction of sp³-hybridized carbons (Fsp3) is 0.250. The highest BCUT2D eigenvalue weighted by molar-refractivity contribution is 5.63. The molecule has 0 fully saturated rings. The van der Waals surface area contributed by atoms with E-state index in [4.69, 9.17) is 4.42 Å². The molecule has 2 rings (SSSR count). The quantitative estimate of drug-likeness (QED) is 0.857. The third kappa shape index (κ3) is 2.00. The Hall–Kier alpha value is -1.97. The second-order valence-electron chi connectivity index (χ2n) is 3.73. The lowest BCUT2D eigenvalue weighted by Gasteiger charge is -2.11. The molecule has 1 aromatic carbocycles. The highest BCUT2D eigenvalue weighted by Crippen LogP contribution is 2.22. The van der Waals surface area contributed by atoms with Gasteiger partial charge in [0.15, 0.2) is 0 Å². The first-order valence-electron chi connectivity index (χ1n) is 5.12. The van der Waals surface area contributed by atoms with Crippen molar-refractivity contribution in [2.45, 2.75) is 0 Å². The molecule has 0 amide bonds. The van der Waals surface area contributed by atoms with Gasteiger partial charge in [-0.05, 0) is 12.1 Å². The number of hydrogen-bond acceptors (Lipinski definition) is 4. The fourth-order valence-corrected chi connectivity index (χ4v) is 1.45. The largest absolute Gasteiger partial charge is 0.432 e. The summed E-state index contributed by atoms with van der Waals surface area (Å²) < 4.78 is 5.21. The van der Waals surface area contributed by atoms with E-state index in [1.165, 1.54) is 5.69 Å². The van der Waals surface area contributed by atoms with E-state index in [9.17, 15) is 0 Å². The summed E-state index contributed by atoms with van der Waals surface area (Å²) >= 11 is 0. The van der Waals surface area contributed by atoms with Gasteiger partial charge in [-0.1, -0.05) is 12.1 Å². The van der Waals surface area contributed by atoms with Crippen molar-refractivity contribution in [3.05, 3.63) is 30.5 Å². The van der Waals surface area contributed by atoms with Crippen molar-refractivity contribution in [3.8, 4) is 11.3 Å². The molecular formula is C12H15N3O. The van der Waals surface area contributed by atoms with Gasteiger partial charge < -0.3 is 14.6 Å². The summed E-state index contributed by atoms with van der Waals surface area (Å²) in [5.74, 6) is 0. The Balaban J connectivity index is 2.27. The topological polar surface area (TPSA) is 41.3 Å². The minimum atomic E-state index is 0.534. The Bertz CT molecular complexity index is 459. The van der Waals surface area contributed by atoms with Gasteiger partial charge in [0.25, 0.3) is 6.01 Å². The number of aromatic nitrogens is 1. The van der Waals surface area contributed by atoms with Crippen LogP contribution in [0.2, 0.25) is 0 Å². The third-order valence-electron chi connectivity index (χ3n) is 2.40. The molecule has 2 aromatic rings. The van der Waals surface area contributed by atoms with E-state index in [0.29, 0.717) is 6.01 Å². The number of nitrogens with one attached hydrogen (secondary N) is 1. The average molecular weight is 217 g/mol. The van der Waals surface area contributed by atoms with Crippen LogP contribution < -0.4 is 10.2 Å². The predicted molar refractivity (Wildman–Crippen MR) is 65.8 cm³/mol. The first-order valence-corrected chi connectivity index (χ1v) is 5.12. The smallest absolute Gasteiger partial charge is 0.294 e. The van der Waals surface area contributed by atoms with Crippen molar-refractivity contribution in [1.82, 2.24) is 4.98 Å². The molecule has 4 heteroatoms. The SMILES string of the molecule is CNc1nc(-c2ccc(N(C)C)cc2)co1. The molecule has 0 aliphatic heterocycles. The fourth-order valence-electron chi connectivity index (χ4n) is 1.45. The van der Waals surface area contributed by atoms with E-state index in [2.05, 4.69) is 27.3 Å². The summed E-state index contributed by atoms with van der Waals surface area (Å²) in [6.45, 7) is 0. The maximum atomic E-state index is 5.21. The normalized spacial score (nSPS) is 10.2. The lowest BCUT2D eigenvalue weighted by Crippen LogP contribution is -2.07. The summed E-state index contributed by atoms with van der Waals surface area (Å²) in [4.78, 5) is 6.34. The van der Waals surface area contributed by atoms with Crippen molar-refractivity contribution in [1.29, 1.82) is 0 Å². The highest BCUT2D eigenvalue weighted by Gasteiger charge is 2.04. The molecule has 0 aliphatic rings. The molecule has 1 heterocycles. The summed E-state index contributed by atoms with van der Waals surface area (Å²) in [7, 11) is 5.82. The van der Waals surface area contributed by atoms with E-state index in [-0.39, 0.29) is 0 Å². The standard InChI is InChI=1S/C12H15N3O/c1-13-12-14-11(8-16-12)9-4-6-10(7-5-9)15(2)3/h4-8H,1-3H3,(H,13,14). The van der Waals surface area contributed by atoms with Crippen LogP contribution in [0.5, 0.6) is 0 Å². The Morgan fingerprint density at radius 2 is 1.88 bits per heavy atom. The van der Waals surface area contributed by atoms with Crippen molar-refractivity contribution in [3.63, 3.8) is 0 Å². The number of benzene rings is 1. The molecule has 1 N–H and O–H groups in total.